The van der Waals surface area contributed by atoms with E-state index < -0.39 is 0 Å². The summed E-state index contributed by atoms with van der Waals surface area (Å²) in [7, 11) is 3.85. The number of fused-ring (bicyclic) bond motifs is 1. The van der Waals surface area contributed by atoms with Crippen molar-refractivity contribution in [2.24, 2.45) is 0 Å². The third-order valence-corrected chi connectivity index (χ3v) is 3.62. The maximum absolute atomic E-state index is 5.45. The van der Waals surface area contributed by atoms with E-state index >= 15 is 0 Å². The largest absolute Gasteiger partial charge is 0.496 e. The van der Waals surface area contributed by atoms with Gasteiger partial charge in [-0.1, -0.05) is 6.07 Å². The van der Waals surface area contributed by atoms with Gasteiger partial charge in [-0.15, -0.1) is 0 Å². The summed E-state index contributed by atoms with van der Waals surface area (Å²) in [6.45, 7) is 6.67. The van der Waals surface area contributed by atoms with Gasteiger partial charge < -0.3 is 4.74 Å². The second-order valence-electron chi connectivity index (χ2n) is 4.62. The lowest BCUT2D eigenvalue weighted by molar-refractivity contribution is -0.403. The van der Waals surface area contributed by atoms with Crippen LogP contribution in [0.2, 0.25) is 0 Å². The van der Waals surface area contributed by atoms with Gasteiger partial charge in [0.1, 0.15) is 12.8 Å². The van der Waals surface area contributed by atoms with E-state index in [4.69, 9.17) is 4.74 Å². The molecule has 2 heteroatoms. The van der Waals surface area contributed by atoms with E-state index in [-0.39, 0.29) is 5.41 Å². The van der Waals surface area contributed by atoms with Crippen molar-refractivity contribution in [3.05, 3.63) is 23.8 Å². The van der Waals surface area contributed by atoms with E-state index in [9.17, 15) is 0 Å². The quantitative estimate of drug-likeness (QED) is 0.641. The average molecular weight is 204 g/mol. The predicted molar refractivity (Wildman–Crippen MR) is 62.5 cm³/mol. The molecule has 1 aliphatic heterocycles. The fraction of sp³-hybridized carbons (Fsp3) is 0.462. The molecule has 1 aromatic carbocycles. The van der Waals surface area contributed by atoms with Crippen LogP contribution < -0.4 is 4.74 Å². The predicted octanol–water partition coefficient (Wildman–Crippen LogP) is 2.72. The number of nitrogens with zero attached hydrogens (tertiary/aromatic N) is 1. The van der Waals surface area contributed by atoms with Crippen molar-refractivity contribution in [1.82, 2.24) is 0 Å². The maximum Gasteiger partial charge on any atom is 0.213 e. The van der Waals surface area contributed by atoms with Crippen LogP contribution in [0.3, 0.4) is 0 Å². The van der Waals surface area contributed by atoms with Gasteiger partial charge in [0.05, 0.1) is 18.1 Å². The van der Waals surface area contributed by atoms with Crippen molar-refractivity contribution in [2.75, 3.05) is 14.2 Å². The molecule has 0 amide bonds. The molecule has 0 saturated carbocycles. The van der Waals surface area contributed by atoms with E-state index in [1.54, 1.807) is 7.11 Å². The highest BCUT2D eigenvalue weighted by Gasteiger charge is 2.43. The molecule has 0 aromatic heterocycles. The van der Waals surface area contributed by atoms with E-state index in [0.29, 0.717) is 0 Å². The summed E-state index contributed by atoms with van der Waals surface area (Å²) >= 11 is 0. The van der Waals surface area contributed by atoms with Crippen molar-refractivity contribution in [2.45, 2.75) is 26.2 Å². The standard InChI is InChI=1S/C13H18NO/c1-9-13(2,3)12-10(14(9)4)7-6-8-11(12)15-5/h6-8H,1-5H3/q+1. The first-order valence-corrected chi connectivity index (χ1v) is 5.25. The number of methoxy groups -OCH3 is 1. The summed E-state index contributed by atoms with van der Waals surface area (Å²) in [5.41, 5.74) is 3.99. The third-order valence-electron chi connectivity index (χ3n) is 3.62. The zero-order chi connectivity index (χ0) is 11.2. The highest BCUT2D eigenvalue weighted by atomic mass is 16.5. The molecule has 0 aliphatic carbocycles. The van der Waals surface area contributed by atoms with Crippen molar-refractivity contribution < 1.29 is 9.31 Å². The second kappa shape index (κ2) is 3.09. The Balaban J connectivity index is 2.75. The molecule has 1 heterocycles. The lowest BCUT2D eigenvalue weighted by atomic mass is 9.82. The molecule has 0 bridgehead atoms. The Labute approximate surface area is 91.2 Å². The van der Waals surface area contributed by atoms with Crippen LogP contribution in [0.5, 0.6) is 5.75 Å². The monoisotopic (exact) mass is 204 g/mol. The Morgan fingerprint density at radius 1 is 1.27 bits per heavy atom. The molecule has 0 fully saturated rings. The van der Waals surface area contributed by atoms with Crippen LogP contribution in [-0.2, 0) is 5.41 Å². The zero-order valence-corrected chi connectivity index (χ0v) is 10.1. The van der Waals surface area contributed by atoms with Gasteiger partial charge in [0, 0.05) is 13.0 Å². The van der Waals surface area contributed by atoms with Gasteiger partial charge in [-0.05, 0) is 19.9 Å². The van der Waals surface area contributed by atoms with Crippen LogP contribution in [0.15, 0.2) is 18.2 Å². The summed E-state index contributed by atoms with van der Waals surface area (Å²) in [5.74, 6) is 0.987. The van der Waals surface area contributed by atoms with Gasteiger partial charge in [0.15, 0.2) is 5.71 Å². The fourth-order valence-corrected chi connectivity index (χ4v) is 2.38. The minimum Gasteiger partial charge on any atom is -0.496 e. The van der Waals surface area contributed by atoms with Gasteiger partial charge in [-0.2, -0.15) is 0 Å². The molecular formula is C13H18NO+. The molecular weight excluding hydrogens is 186 g/mol. The summed E-state index contributed by atoms with van der Waals surface area (Å²) in [6, 6.07) is 6.23. The van der Waals surface area contributed by atoms with Crippen molar-refractivity contribution in [1.29, 1.82) is 0 Å². The smallest absolute Gasteiger partial charge is 0.213 e. The van der Waals surface area contributed by atoms with E-state index in [2.05, 4.69) is 38.5 Å². The van der Waals surface area contributed by atoms with E-state index in [0.717, 1.165) is 5.75 Å². The molecule has 0 saturated heterocycles. The third kappa shape index (κ3) is 1.21. The SMILES string of the molecule is COc1cccc2c1C(C)(C)C(C)=[N+]2C. The Kier molecular flexibility index (Phi) is 2.10. The van der Waals surface area contributed by atoms with Crippen molar-refractivity contribution in [3.63, 3.8) is 0 Å². The highest BCUT2D eigenvalue weighted by molar-refractivity contribution is 5.94. The average Bonchev–Trinajstić information content (AvgIpc) is 2.41. The molecule has 80 valence electrons. The second-order valence-corrected chi connectivity index (χ2v) is 4.62. The first-order chi connectivity index (χ1) is 7.00. The molecule has 0 unspecified atom stereocenters. The van der Waals surface area contributed by atoms with Crippen LogP contribution in [0.1, 0.15) is 26.3 Å². The minimum atomic E-state index is 0.0662. The molecule has 1 aromatic rings. The Bertz CT molecular complexity index is 444. The zero-order valence-electron chi connectivity index (χ0n) is 10.1. The van der Waals surface area contributed by atoms with Gasteiger partial charge >= 0.3 is 0 Å². The van der Waals surface area contributed by atoms with Gasteiger partial charge in [0.2, 0.25) is 5.69 Å². The first-order valence-electron chi connectivity index (χ1n) is 5.25. The molecule has 0 spiro atoms. The summed E-state index contributed by atoms with van der Waals surface area (Å²) in [4.78, 5) is 0. The molecule has 1 aliphatic rings. The number of ether oxygens (including phenoxy) is 1. The molecule has 15 heavy (non-hydrogen) atoms. The summed E-state index contributed by atoms with van der Waals surface area (Å²) in [6.07, 6.45) is 0. The lowest BCUT2D eigenvalue weighted by Gasteiger charge is -2.17. The summed E-state index contributed by atoms with van der Waals surface area (Å²) in [5, 5.41) is 0. The molecule has 0 radical (unpaired) electrons. The Hall–Kier alpha value is -1.31. The molecule has 0 N–H and O–H groups in total. The van der Waals surface area contributed by atoms with Crippen molar-refractivity contribution >= 4 is 11.4 Å². The van der Waals surface area contributed by atoms with Crippen LogP contribution in [0.25, 0.3) is 0 Å². The maximum atomic E-state index is 5.45. The number of benzene rings is 1. The number of rotatable bonds is 1. The van der Waals surface area contributed by atoms with Gasteiger partial charge in [-0.3, -0.25) is 0 Å². The van der Waals surface area contributed by atoms with Crippen LogP contribution in [-0.4, -0.2) is 24.4 Å². The van der Waals surface area contributed by atoms with Crippen LogP contribution in [0.4, 0.5) is 5.69 Å². The number of hydrogen-bond acceptors (Lipinski definition) is 1. The first kappa shape index (κ1) is 10.2. The summed E-state index contributed by atoms with van der Waals surface area (Å²) < 4.78 is 7.70. The Morgan fingerprint density at radius 2 is 1.93 bits per heavy atom. The molecule has 2 nitrogen and oxygen atoms in total. The topological polar surface area (TPSA) is 12.2 Å². The minimum absolute atomic E-state index is 0.0662. The lowest BCUT2D eigenvalue weighted by Crippen LogP contribution is -2.25. The molecule has 2 rings (SSSR count). The molecule has 0 atom stereocenters. The van der Waals surface area contributed by atoms with Crippen LogP contribution in [0, 0.1) is 0 Å². The number of hydrogen-bond donors (Lipinski definition) is 0. The fourth-order valence-electron chi connectivity index (χ4n) is 2.38. The van der Waals surface area contributed by atoms with Gasteiger partial charge in [-0.25, -0.2) is 4.58 Å². The van der Waals surface area contributed by atoms with Crippen molar-refractivity contribution in [3.8, 4) is 5.75 Å². The Morgan fingerprint density at radius 3 is 2.53 bits per heavy atom. The van der Waals surface area contributed by atoms with Crippen LogP contribution >= 0.6 is 0 Å². The van der Waals surface area contributed by atoms with E-state index in [1.165, 1.54) is 17.0 Å². The normalized spacial score (nSPS) is 17.9. The van der Waals surface area contributed by atoms with E-state index in [1.807, 2.05) is 12.1 Å². The van der Waals surface area contributed by atoms with Gasteiger partial charge in [0.25, 0.3) is 0 Å². The highest BCUT2D eigenvalue weighted by Crippen LogP contribution is 2.43.